The highest BCUT2D eigenvalue weighted by Crippen LogP contribution is 2.12. The minimum absolute atomic E-state index is 0.348. The zero-order chi connectivity index (χ0) is 10.6. The summed E-state index contributed by atoms with van der Waals surface area (Å²) >= 11 is 0. The van der Waals surface area contributed by atoms with Gasteiger partial charge >= 0.3 is 0 Å². The molecule has 0 aliphatic heterocycles. The van der Waals surface area contributed by atoms with Gasteiger partial charge in [-0.25, -0.2) is 0 Å². The Hall–Kier alpha value is -1.02. The first kappa shape index (κ1) is 11.1. The number of phenols is 1. The Kier molecular flexibility index (Phi) is 3.96. The van der Waals surface area contributed by atoms with Gasteiger partial charge in [-0.15, -0.1) is 0 Å². The van der Waals surface area contributed by atoms with Crippen molar-refractivity contribution in [2.45, 2.75) is 20.4 Å². The van der Waals surface area contributed by atoms with Crippen molar-refractivity contribution in [3.63, 3.8) is 0 Å². The van der Waals surface area contributed by atoms with E-state index in [1.165, 1.54) is 0 Å². The highest BCUT2D eigenvalue weighted by molar-refractivity contribution is 5.26. The van der Waals surface area contributed by atoms with E-state index in [1.807, 2.05) is 18.2 Å². The summed E-state index contributed by atoms with van der Waals surface area (Å²) in [5.41, 5.74) is 1.16. The minimum Gasteiger partial charge on any atom is -0.508 e. The largest absolute Gasteiger partial charge is 0.508 e. The molecule has 0 atom stereocenters. The van der Waals surface area contributed by atoms with Crippen molar-refractivity contribution < 1.29 is 5.11 Å². The van der Waals surface area contributed by atoms with Gasteiger partial charge in [0.05, 0.1) is 0 Å². The van der Waals surface area contributed by atoms with Crippen LogP contribution in [0, 0.1) is 5.92 Å². The number of rotatable bonds is 4. The molecule has 1 N–H and O–H groups in total. The van der Waals surface area contributed by atoms with Gasteiger partial charge in [0.1, 0.15) is 5.75 Å². The van der Waals surface area contributed by atoms with Crippen LogP contribution in [0.4, 0.5) is 0 Å². The standard InChI is InChI=1S/C12H19NO/c1-10(2)8-13(3)9-11-5-4-6-12(14)7-11/h4-7,10,14H,8-9H2,1-3H3. The summed E-state index contributed by atoms with van der Waals surface area (Å²) < 4.78 is 0. The normalized spacial score (nSPS) is 11.2. The van der Waals surface area contributed by atoms with Gasteiger partial charge in [-0.1, -0.05) is 26.0 Å². The van der Waals surface area contributed by atoms with E-state index < -0.39 is 0 Å². The van der Waals surface area contributed by atoms with Crippen molar-refractivity contribution >= 4 is 0 Å². The lowest BCUT2D eigenvalue weighted by Crippen LogP contribution is -2.22. The molecular weight excluding hydrogens is 174 g/mol. The molecular formula is C12H19NO. The Bertz CT molecular complexity index is 283. The summed E-state index contributed by atoms with van der Waals surface area (Å²) in [5, 5.41) is 9.29. The van der Waals surface area contributed by atoms with Gasteiger partial charge in [0, 0.05) is 13.1 Å². The molecule has 78 valence electrons. The fraction of sp³-hybridized carbons (Fsp3) is 0.500. The molecule has 1 aromatic carbocycles. The van der Waals surface area contributed by atoms with E-state index in [0.29, 0.717) is 11.7 Å². The van der Waals surface area contributed by atoms with Crippen molar-refractivity contribution in [2.75, 3.05) is 13.6 Å². The third kappa shape index (κ3) is 3.79. The molecule has 14 heavy (non-hydrogen) atoms. The zero-order valence-corrected chi connectivity index (χ0v) is 9.20. The lowest BCUT2D eigenvalue weighted by atomic mass is 10.1. The Morgan fingerprint density at radius 2 is 2.07 bits per heavy atom. The fourth-order valence-electron chi connectivity index (χ4n) is 1.65. The number of benzene rings is 1. The third-order valence-electron chi connectivity index (χ3n) is 2.04. The van der Waals surface area contributed by atoms with Crippen LogP contribution in [-0.2, 0) is 6.54 Å². The molecule has 0 saturated carbocycles. The molecule has 0 aliphatic carbocycles. The van der Waals surface area contributed by atoms with Gasteiger partial charge in [-0.3, -0.25) is 0 Å². The monoisotopic (exact) mass is 193 g/mol. The molecule has 1 aromatic rings. The lowest BCUT2D eigenvalue weighted by molar-refractivity contribution is 0.288. The molecule has 1 rings (SSSR count). The average Bonchev–Trinajstić information content (AvgIpc) is 2.01. The van der Waals surface area contributed by atoms with E-state index in [0.717, 1.165) is 18.7 Å². The maximum absolute atomic E-state index is 9.29. The molecule has 0 heterocycles. The topological polar surface area (TPSA) is 23.5 Å². The summed E-state index contributed by atoms with van der Waals surface area (Å²) in [7, 11) is 2.10. The van der Waals surface area contributed by atoms with Crippen LogP contribution in [0.25, 0.3) is 0 Å². The van der Waals surface area contributed by atoms with Gasteiger partial charge in [-0.05, 0) is 30.7 Å². The SMILES string of the molecule is CC(C)CN(C)Cc1cccc(O)c1. The summed E-state index contributed by atoms with van der Waals surface area (Å²) in [6.45, 7) is 6.39. The molecule has 0 spiro atoms. The minimum atomic E-state index is 0.348. The maximum Gasteiger partial charge on any atom is 0.115 e. The third-order valence-corrected chi connectivity index (χ3v) is 2.04. The smallest absolute Gasteiger partial charge is 0.115 e. The van der Waals surface area contributed by atoms with E-state index in [4.69, 9.17) is 0 Å². The first-order valence-electron chi connectivity index (χ1n) is 5.04. The zero-order valence-electron chi connectivity index (χ0n) is 9.20. The molecule has 2 heteroatoms. The first-order chi connectivity index (χ1) is 6.58. The Morgan fingerprint density at radius 3 is 2.64 bits per heavy atom. The van der Waals surface area contributed by atoms with Gasteiger partial charge in [0.2, 0.25) is 0 Å². The number of hydrogen-bond donors (Lipinski definition) is 1. The number of phenolic OH excluding ortho intramolecular Hbond substituents is 1. The van der Waals surface area contributed by atoms with Crippen LogP contribution < -0.4 is 0 Å². The fourth-order valence-corrected chi connectivity index (χ4v) is 1.65. The highest BCUT2D eigenvalue weighted by Gasteiger charge is 2.02. The average molecular weight is 193 g/mol. The number of aromatic hydroxyl groups is 1. The summed E-state index contributed by atoms with van der Waals surface area (Å²) in [6, 6.07) is 7.44. The van der Waals surface area contributed by atoms with E-state index in [-0.39, 0.29) is 0 Å². The van der Waals surface area contributed by atoms with Crippen LogP contribution in [-0.4, -0.2) is 23.6 Å². The number of nitrogens with zero attached hydrogens (tertiary/aromatic N) is 1. The van der Waals surface area contributed by atoms with Crippen LogP contribution >= 0.6 is 0 Å². The van der Waals surface area contributed by atoms with Crippen LogP contribution in [0.15, 0.2) is 24.3 Å². The lowest BCUT2D eigenvalue weighted by Gasteiger charge is -2.18. The molecule has 0 aromatic heterocycles. The molecule has 2 nitrogen and oxygen atoms in total. The molecule has 0 bridgehead atoms. The molecule has 0 saturated heterocycles. The van der Waals surface area contributed by atoms with Crippen molar-refractivity contribution in [1.82, 2.24) is 4.90 Å². The predicted molar refractivity (Wildman–Crippen MR) is 59.3 cm³/mol. The first-order valence-corrected chi connectivity index (χ1v) is 5.04. The summed E-state index contributed by atoms with van der Waals surface area (Å²) in [6.07, 6.45) is 0. The van der Waals surface area contributed by atoms with Gasteiger partial charge in [0.25, 0.3) is 0 Å². The second-order valence-electron chi connectivity index (χ2n) is 4.26. The van der Waals surface area contributed by atoms with Gasteiger partial charge < -0.3 is 10.0 Å². The summed E-state index contributed by atoms with van der Waals surface area (Å²) in [4.78, 5) is 2.26. The molecule has 0 radical (unpaired) electrons. The number of hydrogen-bond acceptors (Lipinski definition) is 2. The van der Waals surface area contributed by atoms with Gasteiger partial charge in [-0.2, -0.15) is 0 Å². The van der Waals surface area contributed by atoms with Crippen molar-refractivity contribution in [1.29, 1.82) is 0 Å². The second-order valence-corrected chi connectivity index (χ2v) is 4.26. The maximum atomic E-state index is 9.29. The van der Waals surface area contributed by atoms with Crippen molar-refractivity contribution in [3.05, 3.63) is 29.8 Å². The quantitative estimate of drug-likeness (QED) is 0.794. The van der Waals surface area contributed by atoms with E-state index in [2.05, 4.69) is 25.8 Å². The van der Waals surface area contributed by atoms with Crippen molar-refractivity contribution in [3.8, 4) is 5.75 Å². The van der Waals surface area contributed by atoms with E-state index >= 15 is 0 Å². The Balaban J connectivity index is 2.51. The predicted octanol–water partition coefficient (Wildman–Crippen LogP) is 2.48. The molecule has 0 unspecified atom stereocenters. The second kappa shape index (κ2) is 5.01. The Morgan fingerprint density at radius 1 is 1.36 bits per heavy atom. The van der Waals surface area contributed by atoms with E-state index in [9.17, 15) is 5.11 Å². The molecule has 0 aliphatic rings. The Labute approximate surface area is 86.2 Å². The van der Waals surface area contributed by atoms with Crippen LogP contribution in [0.5, 0.6) is 5.75 Å². The molecule has 0 fully saturated rings. The van der Waals surface area contributed by atoms with Crippen LogP contribution in [0.3, 0.4) is 0 Å². The van der Waals surface area contributed by atoms with Crippen molar-refractivity contribution in [2.24, 2.45) is 5.92 Å². The van der Waals surface area contributed by atoms with Crippen LogP contribution in [0.1, 0.15) is 19.4 Å². The summed E-state index contributed by atoms with van der Waals surface area (Å²) in [5.74, 6) is 1.03. The van der Waals surface area contributed by atoms with E-state index in [1.54, 1.807) is 6.07 Å². The molecule has 0 amide bonds. The van der Waals surface area contributed by atoms with Gasteiger partial charge in [0.15, 0.2) is 0 Å². The van der Waals surface area contributed by atoms with Crippen LogP contribution in [0.2, 0.25) is 0 Å². The highest BCUT2D eigenvalue weighted by atomic mass is 16.3.